The highest BCUT2D eigenvalue weighted by atomic mass is 19.4. The van der Waals surface area contributed by atoms with Crippen LogP contribution in [0.3, 0.4) is 0 Å². The Labute approximate surface area is 114 Å². The predicted molar refractivity (Wildman–Crippen MR) is 68.9 cm³/mol. The molecule has 1 heterocycles. The van der Waals surface area contributed by atoms with Crippen LogP contribution in [0.15, 0.2) is 30.4 Å². The number of fused-ring (bicyclic) bond motifs is 1. The van der Waals surface area contributed by atoms with E-state index in [-0.39, 0.29) is 6.54 Å². The van der Waals surface area contributed by atoms with Crippen molar-refractivity contribution in [1.29, 1.82) is 0 Å². The zero-order valence-corrected chi connectivity index (χ0v) is 11.0. The van der Waals surface area contributed by atoms with E-state index in [9.17, 15) is 18.0 Å². The number of carbonyl (C=O) groups excluding carboxylic acids is 1. The molecule has 1 amide bonds. The minimum atomic E-state index is -4.85. The topological polar surface area (TPSA) is 29.5 Å². The smallest absolute Gasteiger partial charge is 0.471 e. The van der Waals surface area contributed by atoms with Crippen LogP contribution in [0.4, 0.5) is 18.9 Å². The summed E-state index contributed by atoms with van der Waals surface area (Å²) < 4.78 is 42.8. The summed E-state index contributed by atoms with van der Waals surface area (Å²) >= 11 is 0. The Morgan fingerprint density at radius 3 is 2.75 bits per heavy atom. The second kappa shape index (κ2) is 5.19. The van der Waals surface area contributed by atoms with Gasteiger partial charge in [-0.15, -0.1) is 0 Å². The Hall–Kier alpha value is -1.98. The standard InChI is InChI=1S/C14H14F3NO2/c1-9(2)8-20-11-3-4-12-10(7-11)5-6-18(12)13(19)14(15,16)17/h3-4,7H,1,5-6,8H2,2H3. The number of benzene rings is 1. The SMILES string of the molecule is C=C(C)COc1ccc2c(c1)CCN2C(=O)C(F)(F)F. The van der Waals surface area contributed by atoms with E-state index in [1.54, 1.807) is 12.1 Å². The molecule has 1 aliphatic heterocycles. The molecular weight excluding hydrogens is 271 g/mol. The lowest BCUT2D eigenvalue weighted by Crippen LogP contribution is -2.40. The number of alkyl halides is 3. The molecule has 0 aliphatic carbocycles. The molecule has 6 heteroatoms. The normalized spacial score (nSPS) is 14.1. The van der Waals surface area contributed by atoms with E-state index in [0.29, 0.717) is 30.0 Å². The summed E-state index contributed by atoms with van der Waals surface area (Å²) in [5.41, 5.74) is 1.83. The highest BCUT2D eigenvalue weighted by molar-refractivity contribution is 5.99. The van der Waals surface area contributed by atoms with Crippen LogP contribution in [0.1, 0.15) is 12.5 Å². The van der Waals surface area contributed by atoms with Crippen molar-refractivity contribution in [2.45, 2.75) is 19.5 Å². The molecule has 0 N–H and O–H groups in total. The van der Waals surface area contributed by atoms with Crippen molar-refractivity contribution in [1.82, 2.24) is 0 Å². The highest BCUT2D eigenvalue weighted by Crippen LogP contribution is 2.34. The summed E-state index contributed by atoms with van der Waals surface area (Å²) in [7, 11) is 0. The molecule has 0 bridgehead atoms. The molecule has 0 aromatic heterocycles. The van der Waals surface area contributed by atoms with Crippen LogP contribution < -0.4 is 9.64 Å². The van der Waals surface area contributed by atoms with Gasteiger partial charge >= 0.3 is 12.1 Å². The number of rotatable bonds is 3. The molecule has 0 atom stereocenters. The molecule has 0 radical (unpaired) electrons. The van der Waals surface area contributed by atoms with Gasteiger partial charge in [-0.1, -0.05) is 6.58 Å². The van der Waals surface area contributed by atoms with E-state index in [4.69, 9.17) is 4.74 Å². The van der Waals surface area contributed by atoms with E-state index in [2.05, 4.69) is 6.58 Å². The molecule has 1 aromatic rings. The monoisotopic (exact) mass is 285 g/mol. The Bertz CT molecular complexity index is 552. The average molecular weight is 285 g/mol. The first kappa shape index (κ1) is 14.4. The summed E-state index contributed by atoms with van der Waals surface area (Å²) in [4.78, 5) is 12.0. The quantitative estimate of drug-likeness (QED) is 0.799. The van der Waals surface area contributed by atoms with Crippen LogP contribution in [0.5, 0.6) is 5.75 Å². The molecule has 20 heavy (non-hydrogen) atoms. The zero-order valence-electron chi connectivity index (χ0n) is 11.0. The Balaban J connectivity index is 2.18. The van der Waals surface area contributed by atoms with Crippen molar-refractivity contribution in [2.24, 2.45) is 0 Å². The van der Waals surface area contributed by atoms with E-state index in [1.165, 1.54) is 6.07 Å². The van der Waals surface area contributed by atoms with Gasteiger partial charge in [0.2, 0.25) is 0 Å². The van der Waals surface area contributed by atoms with Gasteiger partial charge in [0, 0.05) is 12.2 Å². The Morgan fingerprint density at radius 1 is 1.45 bits per heavy atom. The second-order valence-electron chi connectivity index (χ2n) is 4.74. The van der Waals surface area contributed by atoms with E-state index < -0.39 is 12.1 Å². The van der Waals surface area contributed by atoms with Gasteiger partial charge in [-0.25, -0.2) is 0 Å². The Morgan fingerprint density at radius 2 is 2.15 bits per heavy atom. The van der Waals surface area contributed by atoms with Gasteiger partial charge in [0.05, 0.1) is 0 Å². The lowest BCUT2D eigenvalue weighted by atomic mass is 10.1. The number of hydrogen-bond donors (Lipinski definition) is 0. The largest absolute Gasteiger partial charge is 0.489 e. The zero-order chi connectivity index (χ0) is 14.9. The molecule has 0 saturated heterocycles. The number of nitrogens with zero attached hydrogens (tertiary/aromatic N) is 1. The molecule has 1 aliphatic rings. The molecule has 108 valence electrons. The average Bonchev–Trinajstić information content (AvgIpc) is 2.77. The fourth-order valence-corrected chi connectivity index (χ4v) is 2.04. The molecule has 3 nitrogen and oxygen atoms in total. The second-order valence-corrected chi connectivity index (χ2v) is 4.74. The van der Waals surface area contributed by atoms with Gasteiger partial charge in [0.15, 0.2) is 0 Å². The number of carbonyl (C=O) groups is 1. The van der Waals surface area contributed by atoms with Crippen LogP contribution in [-0.2, 0) is 11.2 Å². The Kier molecular flexibility index (Phi) is 3.74. The maximum atomic E-state index is 12.5. The predicted octanol–water partition coefficient (Wildman–Crippen LogP) is 3.09. The molecular formula is C14H14F3NO2. The fraction of sp³-hybridized carbons (Fsp3) is 0.357. The van der Waals surface area contributed by atoms with Crippen molar-refractivity contribution in [3.8, 4) is 5.75 Å². The van der Waals surface area contributed by atoms with Gasteiger partial charge in [-0.2, -0.15) is 13.2 Å². The number of ether oxygens (including phenoxy) is 1. The minimum absolute atomic E-state index is 0.0393. The third-order valence-electron chi connectivity index (χ3n) is 2.92. The first-order chi connectivity index (χ1) is 9.29. The van der Waals surface area contributed by atoms with Crippen LogP contribution in [0, 0.1) is 0 Å². The molecule has 0 unspecified atom stereocenters. The van der Waals surface area contributed by atoms with Crippen LogP contribution >= 0.6 is 0 Å². The molecule has 0 saturated carbocycles. The first-order valence-corrected chi connectivity index (χ1v) is 6.08. The number of hydrogen-bond acceptors (Lipinski definition) is 2. The molecule has 0 fully saturated rings. The van der Waals surface area contributed by atoms with E-state index in [0.717, 1.165) is 10.5 Å². The number of amides is 1. The van der Waals surface area contributed by atoms with Gasteiger partial charge < -0.3 is 9.64 Å². The number of anilines is 1. The summed E-state index contributed by atoms with van der Waals surface area (Å²) in [5, 5.41) is 0. The lowest BCUT2D eigenvalue weighted by molar-refractivity contribution is -0.170. The molecule has 0 spiro atoms. The summed E-state index contributed by atoms with van der Waals surface area (Å²) in [6, 6.07) is 4.71. The first-order valence-electron chi connectivity index (χ1n) is 6.08. The van der Waals surface area contributed by atoms with Gasteiger partial charge in [-0.05, 0) is 42.7 Å². The van der Waals surface area contributed by atoms with Gasteiger partial charge in [-0.3, -0.25) is 4.79 Å². The van der Waals surface area contributed by atoms with Crippen molar-refractivity contribution in [3.63, 3.8) is 0 Å². The minimum Gasteiger partial charge on any atom is -0.489 e. The maximum absolute atomic E-state index is 12.5. The van der Waals surface area contributed by atoms with Crippen molar-refractivity contribution in [2.75, 3.05) is 18.1 Å². The van der Waals surface area contributed by atoms with Crippen molar-refractivity contribution in [3.05, 3.63) is 35.9 Å². The number of halogens is 3. The van der Waals surface area contributed by atoms with E-state index >= 15 is 0 Å². The van der Waals surface area contributed by atoms with Crippen LogP contribution in [-0.4, -0.2) is 25.2 Å². The summed E-state index contributed by atoms with van der Waals surface area (Å²) in [6.07, 6.45) is -4.46. The summed E-state index contributed by atoms with van der Waals surface area (Å²) in [6.45, 7) is 5.91. The molecule has 1 aromatic carbocycles. The van der Waals surface area contributed by atoms with Gasteiger partial charge in [0.1, 0.15) is 12.4 Å². The fourth-order valence-electron chi connectivity index (χ4n) is 2.04. The van der Waals surface area contributed by atoms with Crippen LogP contribution in [0.2, 0.25) is 0 Å². The van der Waals surface area contributed by atoms with Crippen molar-refractivity contribution < 1.29 is 22.7 Å². The highest BCUT2D eigenvalue weighted by Gasteiger charge is 2.44. The van der Waals surface area contributed by atoms with Crippen LogP contribution in [0.25, 0.3) is 0 Å². The lowest BCUT2D eigenvalue weighted by Gasteiger charge is -2.19. The van der Waals surface area contributed by atoms with E-state index in [1.807, 2.05) is 6.92 Å². The third-order valence-corrected chi connectivity index (χ3v) is 2.92. The van der Waals surface area contributed by atoms with Crippen molar-refractivity contribution >= 4 is 11.6 Å². The summed E-state index contributed by atoms with van der Waals surface area (Å²) in [5.74, 6) is -1.26. The third kappa shape index (κ3) is 2.95. The maximum Gasteiger partial charge on any atom is 0.471 e. The molecule has 2 rings (SSSR count). The van der Waals surface area contributed by atoms with Gasteiger partial charge in [0.25, 0.3) is 0 Å².